The largest absolute Gasteiger partial charge is 0.490 e. The molecule has 6 heteroatoms. The molecule has 0 aliphatic carbocycles. The third-order valence-corrected chi connectivity index (χ3v) is 6.56. The first-order valence-corrected chi connectivity index (χ1v) is 11.5. The zero-order valence-corrected chi connectivity index (χ0v) is 17.9. The Bertz CT molecular complexity index is 955. The molecule has 0 saturated carbocycles. The lowest BCUT2D eigenvalue weighted by Crippen LogP contribution is -2.30. The number of fused-ring (bicyclic) bond motifs is 1. The maximum absolute atomic E-state index is 12.7. The highest BCUT2D eigenvalue weighted by atomic mass is 32.2. The molecule has 1 atom stereocenters. The Labute approximate surface area is 179 Å². The van der Waals surface area contributed by atoms with Crippen LogP contribution in [0.4, 0.5) is 0 Å². The van der Waals surface area contributed by atoms with Crippen molar-refractivity contribution >= 4 is 29.0 Å². The van der Waals surface area contributed by atoms with E-state index in [2.05, 4.69) is 42.6 Å². The average Bonchev–Trinajstić information content (AvgIpc) is 3.16. The molecule has 0 radical (unpaired) electrons. The molecular formula is C23H23NO3S2. The number of nitrogens with one attached hydrogen (secondary N) is 1. The molecule has 4 rings (SSSR count). The molecule has 1 aromatic heterocycles. The van der Waals surface area contributed by atoms with Crippen LogP contribution in [-0.4, -0.2) is 24.9 Å². The summed E-state index contributed by atoms with van der Waals surface area (Å²) in [6.45, 7) is 3.39. The Morgan fingerprint density at radius 2 is 1.90 bits per heavy atom. The van der Waals surface area contributed by atoms with Crippen LogP contribution in [0.25, 0.3) is 0 Å². The minimum atomic E-state index is -0.132. The lowest BCUT2D eigenvalue weighted by Gasteiger charge is -2.18. The molecule has 0 bridgehead atoms. The van der Waals surface area contributed by atoms with Crippen LogP contribution in [0.3, 0.4) is 0 Å². The van der Waals surface area contributed by atoms with E-state index in [1.54, 1.807) is 11.3 Å². The molecular weight excluding hydrogens is 402 g/mol. The summed E-state index contributed by atoms with van der Waals surface area (Å²) in [7, 11) is 0. The van der Waals surface area contributed by atoms with Gasteiger partial charge >= 0.3 is 0 Å². The Kier molecular flexibility index (Phi) is 6.42. The van der Waals surface area contributed by atoms with Gasteiger partial charge in [0.25, 0.3) is 0 Å². The quantitative estimate of drug-likeness (QED) is 0.551. The lowest BCUT2D eigenvalue weighted by atomic mass is 10.0. The molecule has 0 fully saturated rings. The van der Waals surface area contributed by atoms with Gasteiger partial charge in [-0.1, -0.05) is 35.9 Å². The highest BCUT2D eigenvalue weighted by Crippen LogP contribution is 2.34. The monoisotopic (exact) mass is 425 g/mol. The van der Waals surface area contributed by atoms with E-state index in [4.69, 9.17) is 9.47 Å². The van der Waals surface area contributed by atoms with Crippen LogP contribution in [0.1, 0.15) is 28.5 Å². The molecule has 1 unspecified atom stereocenters. The minimum Gasteiger partial charge on any atom is -0.490 e. The van der Waals surface area contributed by atoms with Gasteiger partial charge in [-0.2, -0.15) is 0 Å². The maximum atomic E-state index is 12.7. The van der Waals surface area contributed by atoms with Gasteiger partial charge in [0, 0.05) is 16.2 Å². The van der Waals surface area contributed by atoms with E-state index >= 15 is 0 Å². The molecule has 1 aliphatic heterocycles. The smallest absolute Gasteiger partial charge is 0.231 e. The topological polar surface area (TPSA) is 47.6 Å². The molecule has 0 saturated heterocycles. The number of carbonyl (C=O) groups excluding carboxylic acids is 1. The number of aryl methyl sites for hydroxylation is 1. The Balaban J connectivity index is 1.42. The third-order valence-electron chi connectivity index (χ3n) is 4.63. The summed E-state index contributed by atoms with van der Waals surface area (Å²) in [4.78, 5) is 14.8. The first-order valence-electron chi connectivity index (χ1n) is 9.61. The molecule has 3 aromatic rings. The predicted octanol–water partition coefficient (Wildman–Crippen LogP) is 5.22. The molecule has 1 N–H and O–H groups in total. The Hall–Kier alpha value is -2.44. The number of thiophene rings is 1. The van der Waals surface area contributed by atoms with Gasteiger partial charge in [0.05, 0.1) is 25.0 Å². The molecule has 1 amide bonds. The average molecular weight is 426 g/mol. The molecule has 29 heavy (non-hydrogen) atoms. The number of amides is 1. The van der Waals surface area contributed by atoms with Crippen LogP contribution in [-0.2, 0) is 4.79 Å². The summed E-state index contributed by atoms with van der Waals surface area (Å²) >= 11 is 3.15. The van der Waals surface area contributed by atoms with Crippen molar-refractivity contribution in [2.45, 2.75) is 24.3 Å². The fourth-order valence-electron chi connectivity index (χ4n) is 3.12. The Morgan fingerprint density at radius 3 is 2.66 bits per heavy atom. The zero-order chi connectivity index (χ0) is 20.1. The van der Waals surface area contributed by atoms with Gasteiger partial charge in [0.1, 0.15) is 0 Å². The Morgan fingerprint density at radius 1 is 1.10 bits per heavy atom. The SMILES string of the molecule is Cc1ccc(C(NC(=O)CSc2ccc3c(c2)OCCCO3)c2cccs2)cc1. The van der Waals surface area contributed by atoms with Gasteiger partial charge in [-0.3, -0.25) is 4.79 Å². The molecule has 150 valence electrons. The number of hydrogen-bond donors (Lipinski definition) is 1. The fourth-order valence-corrected chi connectivity index (χ4v) is 4.66. The standard InChI is InChI=1S/C23H23NO3S2/c1-16-5-7-17(8-6-16)23(21-4-2-13-28-21)24-22(25)15-29-18-9-10-19-20(14-18)27-12-3-11-26-19/h2,4-10,13-14,23H,3,11-12,15H2,1H3,(H,24,25). The molecule has 4 nitrogen and oxygen atoms in total. The first-order chi connectivity index (χ1) is 14.2. The van der Waals surface area contributed by atoms with Crippen molar-refractivity contribution in [1.29, 1.82) is 0 Å². The van der Waals surface area contributed by atoms with Gasteiger partial charge in [0.15, 0.2) is 11.5 Å². The normalized spacial score (nSPS) is 14.1. The van der Waals surface area contributed by atoms with Crippen molar-refractivity contribution < 1.29 is 14.3 Å². The van der Waals surface area contributed by atoms with Crippen LogP contribution >= 0.6 is 23.1 Å². The second kappa shape index (κ2) is 9.37. The number of rotatable bonds is 6. The van der Waals surface area contributed by atoms with E-state index in [0.29, 0.717) is 19.0 Å². The summed E-state index contributed by atoms with van der Waals surface area (Å²) in [5.74, 6) is 1.87. The van der Waals surface area contributed by atoms with Crippen molar-refractivity contribution in [2.24, 2.45) is 0 Å². The van der Waals surface area contributed by atoms with Crippen LogP contribution in [0, 0.1) is 6.92 Å². The third kappa shape index (κ3) is 5.14. The van der Waals surface area contributed by atoms with Crippen molar-refractivity contribution in [3.8, 4) is 11.5 Å². The summed E-state index contributed by atoms with van der Waals surface area (Å²) in [5, 5.41) is 5.23. The summed E-state index contributed by atoms with van der Waals surface area (Å²) in [6.07, 6.45) is 0.878. The summed E-state index contributed by atoms with van der Waals surface area (Å²) < 4.78 is 11.4. The highest BCUT2D eigenvalue weighted by molar-refractivity contribution is 8.00. The maximum Gasteiger partial charge on any atom is 0.231 e. The van der Waals surface area contributed by atoms with E-state index < -0.39 is 0 Å². The predicted molar refractivity (Wildman–Crippen MR) is 118 cm³/mol. The minimum absolute atomic E-state index is 0.00101. The van der Waals surface area contributed by atoms with Crippen LogP contribution in [0.2, 0.25) is 0 Å². The van der Waals surface area contributed by atoms with E-state index in [1.165, 1.54) is 17.3 Å². The van der Waals surface area contributed by atoms with Crippen molar-refractivity contribution in [2.75, 3.05) is 19.0 Å². The van der Waals surface area contributed by atoms with Gasteiger partial charge in [-0.15, -0.1) is 23.1 Å². The van der Waals surface area contributed by atoms with Gasteiger partial charge < -0.3 is 14.8 Å². The van der Waals surface area contributed by atoms with Crippen molar-refractivity contribution in [1.82, 2.24) is 5.32 Å². The molecule has 2 heterocycles. The fraction of sp³-hybridized carbons (Fsp3) is 0.261. The van der Waals surface area contributed by atoms with E-state index in [9.17, 15) is 4.79 Å². The number of carbonyl (C=O) groups is 1. The van der Waals surface area contributed by atoms with Gasteiger partial charge in [-0.25, -0.2) is 0 Å². The molecule has 2 aromatic carbocycles. The van der Waals surface area contributed by atoms with Gasteiger partial charge in [0.2, 0.25) is 5.91 Å². The second-order valence-corrected chi connectivity index (χ2v) is 8.90. The molecule has 1 aliphatic rings. The molecule has 0 spiro atoms. The zero-order valence-electron chi connectivity index (χ0n) is 16.2. The summed E-state index contributed by atoms with van der Waals surface area (Å²) in [6, 6.07) is 18.1. The van der Waals surface area contributed by atoms with Crippen molar-refractivity contribution in [3.05, 3.63) is 76.0 Å². The van der Waals surface area contributed by atoms with Gasteiger partial charge in [-0.05, 0) is 42.1 Å². The van der Waals surface area contributed by atoms with Crippen LogP contribution in [0.5, 0.6) is 11.5 Å². The summed E-state index contributed by atoms with van der Waals surface area (Å²) in [5.41, 5.74) is 2.29. The van der Waals surface area contributed by atoms with Crippen LogP contribution in [0.15, 0.2) is 64.9 Å². The number of thioether (sulfide) groups is 1. The lowest BCUT2D eigenvalue weighted by molar-refractivity contribution is -0.119. The number of hydrogen-bond acceptors (Lipinski definition) is 5. The van der Waals surface area contributed by atoms with E-state index in [-0.39, 0.29) is 11.9 Å². The van der Waals surface area contributed by atoms with E-state index in [1.807, 2.05) is 29.6 Å². The number of ether oxygens (including phenoxy) is 2. The van der Waals surface area contributed by atoms with Crippen LogP contribution < -0.4 is 14.8 Å². The highest BCUT2D eigenvalue weighted by Gasteiger charge is 2.18. The van der Waals surface area contributed by atoms with E-state index in [0.717, 1.165) is 33.3 Å². The van der Waals surface area contributed by atoms with Crippen molar-refractivity contribution in [3.63, 3.8) is 0 Å². The second-order valence-electron chi connectivity index (χ2n) is 6.87. The first kappa shape index (κ1) is 19.9. The number of benzene rings is 2.